The summed E-state index contributed by atoms with van der Waals surface area (Å²) in [6.45, 7) is 0.337. The van der Waals surface area contributed by atoms with Crippen molar-refractivity contribution in [3.05, 3.63) is 39.2 Å². The van der Waals surface area contributed by atoms with Crippen LogP contribution in [0.1, 0.15) is 5.82 Å². The molecule has 6 nitrogen and oxygen atoms in total. The van der Waals surface area contributed by atoms with E-state index in [1.54, 1.807) is 6.07 Å². The third-order valence-corrected chi connectivity index (χ3v) is 3.17. The Balaban J connectivity index is 2.18. The molecule has 2 heterocycles. The molecule has 1 aromatic carbocycles. The van der Waals surface area contributed by atoms with E-state index >= 15 is 0 Å². The summed E-state index contributed by atoms with van der Waals surface area (Å²) in [5.74, 6) is 0.226. The average Bonchev–Trinajstić information content (AvgIpc) is 2.89. The van der Waals surface area contributed by atoms with E-state index in [-0.39, 0.29) is 0 Å². The first-order valence-electron chi connectivity index (χ1n) is 5.25. The zero-order valence-electron chi connectivity index (χ0n) is 9.16. The van der Waals surface area contributed by atoms with Crippen LogP contribution in [0.3, 0.4) is 0 Å². The molecule has 2 aromatic heterocycles. The van der Waals surface area contributed by atoms with Crippen LogP contribution < -0.4 is 11.5 Å². The first-order valence-corrected chi connectivity index (χ1v) is 6.04. The molecular weight excluding hydrogens is 300 g/mol. The lowest BCUT2D eigenvalue weighted by molar-refractivity contribution is 0.555. The fourth-order valence-corrected chi connectivity index (χ4v) is 2.33. The molecule has 92 valence electrons. The van der Waals surface area contributed by atoms with E-state index in [1.165, 1.54) is 0 Å². The van der Waals surface area contributed by atoms with Crippen LogP contribution in [0.25, 0.3) is 22.4 Å². The van der Waals surface area contributed by atoms with Gasteiger partial charge in [0.1, 0.15) is 16.1 Å². The van der Waals surface area contributed by atoms with Gasteiger partial charge in [-0.15, -0.1) is 0 Å². The quantitative estimate of drug-likeness (QED) is 0.671. The van der Waals surface area contributed by atoms with Crippen molar-refractivity contribution in [3.63, 3.8) is 0 Å². The lowest BCUT2D eigenvalue weighted by Crippen LogP contribution is -1.97. The lowest BCUT2D eigenvalue weighted by Gasteiger charge is -1.97. The molecule has 3 aromatic rings. The van der Waals surface area contributed by atoms with E-state index in [0.29, 0.717) is 23.5 Å². The summed E-state index contributed by atoms with van der Waals surface area (Å²) in [7, 11) is 0. The highest BCUT2D eigenvalue weighted by molar-refractivity contribution is 9.10. The highest BCUT2D eigenvalue weighted by Gasteiger charge is 2.11. The molecule has 0 atom stereocenters. The van der Waals surface area contributed by atoms with Crippen molar-refractivity contribution in [1.29, 1.82) is 0 Å². The summed E-state index contributed by atoms with van der Waals surface area (Å²) in [5, 5.41) is 0. The Kier molecular flexibility index (Phi) is 2.57. The van der Waals surface area contributed by atoms with Crippen molar-refractivity contribution in [1.82, 2.24) is 15.0 Å². The first-order chi connectivity index (χ1) is 8.67. The molecule has 0 aliphatic rings. The second-order valence-corrected chi connectivity index (χ2v) is 4.57. The van der Waals surface area contributed by atoms with Crippen molar-refractivity contribution >= 4 is 27.0 Å². The molecule has 0 aliphatic heterocycles. The van der Waals surface area contributed by atoms with Gasteiger partial charge in [-0.05, 0) is 34.1 Å². The fraction of sp³-hybridized carbons (Fsp3) is 0.0909. The molecule has 0 fully saturated rings. The smallest absolute Gasteiger partial charge is 0.408 e. The second kappa shape index (κ2) is 4.11. The molecule has 0 bridgehead atoms. The number of hydrogen-bond acceptors (Lipinski definition) is 4. The Morgan fingerprint density at radius 3 is 2.94 bits per heavy atom. The average molecular weight is 309 g/mol. The minimum atomic E-state index is -0.467. The number of nitrogens with two attached hydrogens (primary N) is 1. The number of nitrogens with one attached hydrogen (secondary N) is 2. The number of halogens is 1. The molecule has 3 rings (SSSR count). The molecule has 4 N–H and O–H groups in total. The Bertz CT molecular complexity index is 771. The zero-order valence-corrected chi connectivity index (χ0v) is 10.7. The van der Waals surface area contributed by atoms with Crippen LogP contribution in [-0.2, 0) is 6.54 Å². The van der Waals surface area contributed by atoms with Gasteiger partial charge >= 0.3 is 5.76 Å². The maximum atomic E-state index is 11.1. The van der Waals surface area contributed by atoms with Gasteiger partial charge in [0, 0.05) is 5.56 Å². The zero-order chi connectivity index (χ0) is 12.7. The summed E-state index contributed by atoms with van der Waals surface area (Å²) < 4.78 is 5.70. The van der Waals surface area contributed by atoms with Crippen molar-refractivity contribution in [2.75, 3.05) is 0 Å². The van der Waals surface area contributed by atoms with Crippen LogP contribution >= 0.6 is 15.9 Å². The molecule has 0 radical (unpaired) electrons. The van der Waals surface area contributed by atoms with E-state index in [2.05, 4.69) is 30.9 Å². The van der Waals surface area contributed by atoms with Crippen molar-refractivity contribution < 1.29 is 4.42 Å². The molecule has 0 saturated carbocycles. The largest absolute Gasteiger partial charge is 0.417 e. The molecule has 0 saturated heterocycles. The summed E-state index contributed by atoms with van der Waals surface area (Å²) in [6, 6.07) is 5.37. The number of nitrogens with zero attached hydrogens (tertiary/aromatic N) is 1. The van der Waals surface area contributed by atoms with Gasteiger partial charge in [-0.2, -0.15) is 0 Å². The predicted molar refractivity (Wildman–Crippen MR) is 70.0 cm³/mol. The third kappa shape index (κ3) is 1.77. The van der Waals surface area contributed by atoms with Crippen LogP contribution in [0.15, 0.2) is 32.0 Å². The Labute approximate surface area is 109 Å². The van der Waals surface area contributed by atoms with E-state index < -0.39 is 5.76 Å². The summed E-state index contributed by atoms with van der Waals surface area (Å²) >= 11 is 3.39. The van der Waals surface area contributed by atoms with Crippen LogP contribution in [0, 0.1) is 0 Å². The minimum Gasteiger partial charge on any atom is -0.408 e. The van der Waals surface area contributed by atoms with Gasteiger partial charge in [-0.3, -0.25) is 4.98 Å². The van der Waals surface area contributed by atoms with Gasteiger partial charge in [0.05, 0.1) is 12.1 Å². The van der Waals surface area contributed by atoms with Gasteiger partial charge in [0.15, 0.2) is 5.58 Å². The molecule has 0 aliphatic carbocycles. The van der Waals surface area contributed by atoms with Crippen molar-refractivity contribution in [2.24, 2.45) is 5.73 Å². The SMILES string of the molecule is NCc1nc(-c2ccc3oc(=O)[nH]c3c2)c(Br)[nH]1. The number of fused-ring (bicyclic) bond motifs is 1. The minimum absolute atomic E-state index is 0.337. The number of rotatable bonds is 2. The van der Waals surface area contributed by atoms with Crippen LogP contribution in [0.5, 0.6) is 0 Å². The van der Waals surface area contributed by atoms with Gasteiger partial charge in [0.2, 0.25) is 0 Å². The van der Waals surface area contributed by atoms with Crippen molar-refractivity contribution in [3.8, 4) is 11.3 Å². The monoisotopic (exact) mass is 308 g/mol. The van der Waals surface area contributed by atoms with E-state index in [9.17, 15) is 4.79 Å². The van der Waals surface area contributed by atoms with E-state index in [0.717, 1.165) is 15.9 Å². The molecule has 0 spiro atoms. The maximum absolute atomic E-state index is 11.1. The second-order valence-electron chi connectivity index (χ2n) is 3.78. The van der Waals surface area contributed by atoms with Gasteiger partial charge in [0.25, 0.3) is 0 Å². The Hall–Kier alpha value is -1.86. The van der Waals surface area contributed by atoms with Crippen molar-refractivity contribution in [2.45, 2.75) is 6.54 Å². The third-order valence-electron chi connectivity index (χ3n) is 2.59. The number of oxazole rings is 1. The number of hydrogen-bond donors (Lipinski definition) is 3. The first kappa shape index (κ1) is 11.2. The van der Waals surface area contributed by atoms with E-state index in [1.807, 2.05) is 12.1 Å². The molecule has 0 unspecified atom stereocenters. The highest BCUT2D eigenvalue weighted by Crippen LogP contribution is 2.27. The predicted octanol–water partition coefficient (Wildman–Crippen LogP) is 1.73. The number of aromatic nitrogens is 3. The molecule has 0 amide bonds. The number of aromatic amines is 2. The summed E-state index contributed by atoms with van der Waals surface area (Å²) in [4.78, 5) is 21.1. The van der Waals surface area contributed by atoms with Gasteiger partial charge < -0.3 is 15.1 Å². The topological polar surface area (TPSA) is 101 Å². The molecular formula is C11H9BrN4O2. The molecule has 7 heteroatoms. The van der Waals surface area contributed by atoms with Crippen LogP contribution in [0.2, 0.25) is 0 Å². The number of imidazole rings is 1. The maximum Gasteiger partial charge on any atom is 0.417 e. The normalized spacial score (nSPS) is 11.2. The fourth-order valence-electron chi connectivity index (χ4n) is 1.79. The lowest BCUT2D eigenvalue weighted by atomic mass is 10.1. The Morgan fingerprint density at radius 1 is 1.39 bits per heavy atom. The summed E-state index contributed by atoms with van der Waals surface area (Å²) in [5.41, 5.74) is 8.30. The van der Waals surface area contributed by atoms with Gasteiger partial charge in [-0.25, -0.2) is 9.78 Å². The number of benzene rings is 1. The van der Waals surface area contributed by atoms with Gasteiger partial charge in [-0.1, -0.05) is 0 Å². The van der Waals surface area contributed by atoms with Crippen LogP contribution in [0.4, 0.5) is 0 Å². The van der Waals surface area contributed by atoms with Crippen LogP contribution in [-0.4, -0.2) is 15.0 Å². The highest BCUT2D eigenvalue weighted by atomic mass is 79.9. The Morgan fingerprint density at radius 2 is 2.22 bits per heavy atom. The van der Waals surface area contributed by atoms with E-state index in [4.69, 9.17) is 10.2 Å². The molecule has 18 heavy (non-hydrogen) atoms. The standard InChI is InChI=1S/C11H9BrN4O2/c12-10-9(15-8(4-13)16-10)5-1-2-7-6(3-5)14-11(17)18-7/h1-3H,4,13H2,(H,14,17)(H,15,16). The summed E-state index contributed by atoms with van der Waals surface area (Å²) in [6.07, 6.45) is 0. The number of H-pyrrole nitrogens is 2.